The van der Waals surface area contributed by atoms with E-state index in [-0.39, 0.29) is 18.2 Å². The van der Waals surface area contributed by atoms with Crippen LogP contribution in [0.1, 0.15) is 49.3 Å². The van der Waals surface area contributed by atoms with E-state index in [1.165, 1.54) is 14.2 Å². The molecule has 0 bridgehead atoms. The molecule has 2 N–H and O–H groups in total. The number of hydrogen-bond donors (Lipinski definition) is 2. The first-order chi connectivity index (χ1) is 22.1. The van der Waals surface area contributed by atoms with E-state index in [4.69, 9.17) is 14.3 Å². The molecule has 0 atom stereocenters. The summed E-state index contributed by atoms with van der Waals surface area (Å²) >= 11 is 0. The van der Waals surface area contributed by atoms with Crippen molar-refractivity contribution in [1.82, 2.24) is 10.6 Å². The molecule has 46 heavy (non-hydrogen) atoms. The van der Waals surface area contributed by atoms with Crippen molar-refractivity contribution >= 4 is 23.3 Å². The summed E-state index contributed by atoms with van der Waals surface area (Å²) in [7, 11) is 4.41. The number of ether oxygens (including phenoxy) is 2. The molecule has 0 aliphatic rings. The Bertz CT molecular complexity index is 1710. The Kier molecular flexibility index (Phi) is 13.1. The van der Waals surface area contributed by atoms with E-state index >= 15 is 0 Å². The molecule has 9 nitrogen and oxygen atoms in total. The molecular formula is C37H41N3O6. The topological polar surface area (TPSA) is 115 Å². The minimum absolute atomic E-state index is 0.222. The van der Waals surface area contributed by atoms with Gasteiger partial charge in [-0.05, 0) is 67.6 Å². The smallest absolute Gasteiger partial charge is 0.292 e. The van der Waals surface area contributed by atoms with Gasteiger partial charge in [0.05, 0.1) is 0 Å². The average Bonchev–Trinajstić information content (AvgIpc) is 3.07. The van der Waals surface area contributed by atoms with E-state index in [0.717, 1.165) is 39.3 Å². The van der Waals surface area contributed by atoms with Gasteiger partial charge in [-0.1, -0.05) is 78.0 Å². The predicted octanol–water partition coefficient (Wildman–Crippen LogP) is 5.79. The lowest BCUT2D eigenvalue weighted by Gasteiger charge is -2.13. The second-order valence-electron chi connectivity index (χ2n) is 10.5. The Balaban J connectivity index is 0.000000251. The SMILES string of the molecule is CNC(=O)C(=NOC)c1ccccc1COc1cc(C)ccc1C.CNC(=O)C(=O)c1ccccc1COc1cc(C)ccc1C. The molecule has 0 radical (unpaired) electrons. The Morgan fingerprint density at radius 2 is 1.09 bits per heavy atom. The summed E-state index contributed by atoms with van der Waals surface area (Å²) in [6, 6.07) is 26.5. The van der Waals surface area contributed by atoms with Gasteiger partial charge in [-0.15, -0.1) is 0 Å². The quantitative estimate of drug-likeness (QED) is 0.0946. The fourth-order valence-corrected chi connectivity index (χ4v) is 4.44. The van der Waals surface area contributed by atoms with Crippen molar-refractivity contribution in [3.8, 4) is 11.5 Å². The number of amides is 2. The second kappa shape index (κ2) is 17.2. The van der Waals surface area contributed by atoms with Crippen molar-refractivity contribution in [2.24, 2.45) is 5.16 Å². The van der Waals surface area contributed by atoms with Gasteiger partial charge in [0.15, 0.2) is 5.71 Å². The first-order valence-electron chi connectivity index (χ1n) is 14.8. The van der Waals surface area contributed by atoms with Crippen LogP contribution >= 0.6 is 0 Å². The molecule has 4 rings (SSSR count). The maximum absolute atomic E-state index is 12.1. The Morgan fingerprint density at radius 1 is 0.630 bits per heavy atom. The number of carbonyl (C=O) groups excluding carboxylic acids is 3. The third-order valence-corrected chi connectivity index (χ3v) is 7.05. The highest BCUT2D eigenvalue weighted by Gasteiger charge is 2.19. The van der Waals surface area contributed by atoms with E-state index in [0.29, 0.717) is 23.3 Å². The highest BCUT2D eigenvalue weighted by Crippen LogP contribution is 2.23. The summed E-state index contributed by atoms with van der Waals surface area (Å²) in [6.45, 7) is 8.56. The van der Waals surface area contributed by atoms with E-state index in [1.54, 1.807) is 25.2 Å². The highest BCUT2D eigenvalue weighted by molar-refractivity contribution is 6.45. The van der Waals surface area contributed by atoms with Crippen LogP contribution in [-0.2, 0) is 27.6 Å². The van der Waals surface area contributed by atoms with Gasteiger partial charge in [-0.25, -0.2) is 0 Å². The third kappa shape index (κ3) is 9.53. The molecule has 0 aliphatic heterocycles. The summed E-state index contributed by atoms with van der Waals surface area (Å²) < 4.78 is 11.8. The van der Waals surface area contributed by atoms with Crippen LogP contribution in [0.25, 0.3) is 0 Å². The van der Waals surface area contributed by atoms with E-state index < -0.39 is 11.7 Å². The lowest BCUT2D eigenvalue weighted by atomic mass is 10.0. The molecule has 0 saturated heterocycles. The van der Waals surface area contributed by atoms with Gasteiger partial charge < -0.3 is 24.9 Å². The molecule has 0 heterocycles. The van der Waals surface area contributed by atoms with Gasteiger partial charge in [-0.2, -0.15) is 0 Å². The number of oxime groups is 1. The Hall–Kier alpha value is -5.44. The Labute approximate surface area is 270 Å². The summed E-state index contributed by atoms with van der Waals surface area (Å²) in [5, 5.41) is 8.79. The molecule has 4 aromatic rings. The number of hydrogen-bond acceptors (Lipinski definition) is 7. The van der Waals surface area contributed by atoms with Crippen molar-refractivity contribution in [3.05, 3.63) is 129 Å². The number of aryl methyl sites for hydroxylation is 4. The van der Waals surface area contributed by atoms with E-state index in [2.05, 4.69) is 15.8 Å². The lowest BCUT2D eigenvalue weighted by Crippen LogP contribution is -2.29. The maximum Gasteiger partial charge on any atom is 0.292 e. The number of likely N-dealkylation sites (N-methyl/N-ethyl adjacent to an activating group) is 2. The first kappa shape index (κ1) is 35.0. The molecular weight excluding hydrogens is 582 g/mol. The molecule has 2 amide bonds. The normalized spacial score (nSPS) is 10.6. The largest absolute Gasteiger partial charge is 0.489 e. The summed E-state index contributed by atoms with van der Waals surface area (Å²) in [5.41, 5.74) is 7.16. The predicted molar refractivity (Wildman–Crippen MR) is 179 cm³/mol. The highest BCUT2D eigenvalue weighted by atomic mass is 16.6. The second-order valence-corrected chi connectivity index (χ2v) is 10.5. The molecule has 0 saturated carbocycles. The van der Waals surface area contributed by atoms with Crippen molar-refractivity contribution in [2.75, 3.05) is 21.2 Å². The number of Topliss-reactive ketones (excluding diaryl/α,β-unsaturated/α-hetero) is 1. The van der Waals surface area contributed by atoms with Crippen LogP contribution in [-0.4, -0.2) is 44.5 Å². The summed E-state index contributed by atoms with van der Waals surface area (Å²) in [6.07, 6.45) is 0. The fraction of sp³-hybridized carbons (Fsp3) is 0.243. The van der Waals surface area contributed by atoms with Gasteiger partial charge in [0.25, 0.3) is 17.6 Å². The molecule has 4 aromatic carbocycles. The van der Waals surface area contributed by atoms with Crippen LogP contribution in [0.3, 0.4) is 0 Å². The van der Waals surface area contributed by atoms with Gasteiger partial charge in [-0.3, -0.25) is 14.4 Å². The molecule has 0 unspecified atom stereocenters. The zero-order valence-electron chi connectivity index (χ0n) is 27.4. The van der Waals surface area contributed by atoms with Gasteiger partial charge in [0.1, 0.15) is 31.8 Å². The number of nitrogens with one attached hydrogen (secondary N) is 2. The van der Waals surface area contributed by atoms with Crippen LogP contribution in [0, 0.1) is 27.7 Å². The fourth-order valence-electron chi connectivity index (χ4n) is 4.44. The van der Waals surface area contributed by atoms with Gasteiger partial charge >= 0.3 is 0 Å². The van der Waals surface area contributed by atoms with Crippen LogP contribution in [0.5, 0.6) is 11.5 Å². The van der Waals surface area contributed by atoms with Gasteiger partial charge in [0.2, 0.25) is 0 Å². The van der Waals surface area contributed by atoms with Crippen molar-refractivity contribution in [2.45, 2.75) is 40.9 Å². The molecule has 0 fully saturated rings. The standard InChI is InChI=1S/C19H22N2O3.C18H19NO3/c1-13-9-10-14(2)17(11-13)24-12-15-7-5-6-8-16(15)18(21-23-4)19(22)20-3;1-12-8-9-13(2)16(10-12)22-11-14-6-4-5-7-15(14)17(20)18(21)19-3/h5-11H,12H2,1-4H3,(H,20,22);4-10H,11H2,1-3H3,(H,19,21). The van der Waals surface area contributed by atoms with Crippen LogP contribution < -0.4 is 20.1 Å². The minimum Gasteiger partial charge on any atom is -0.489 e. The Morgan fingerprint density at radius 3 is 1.57 bits per heavy atom. The van der Waals surface area contributed by atoms with Crippen LogP contribution in [0.15, 0.2) is 90.1 Å². The number of ketones is 1. The molecule has 9 heteroatoms. The summed E-state index contributed by atoms with van der Waals surface area (Å²) in [4.78, 5) is 40.5. The monoisotopic (exact) mass is 623 g/mol. The zero-order chi connectivity index (χ0) is 33.6. The zero-order valence-corrected chi connectivity index (χ0v) is 27.4. The number of carbonyl (C=O) groups is 3. The third-order valence-electron chi connectivity index (χ3n) is 7.05. The first-order valence-corrected chi connectivity index (χ1v) is 14.8. The maximum atomic E-state index is 12.1. The summed E-state index contributed by atoms with van der Waals surface area (Å²) in [5.74, 6) is 0.120. The van der Waals surface area contributed by atoms with Crippen molar-refractivity contribution in [1.29, 1.82) is 0 Å². The van der Waals surface area contributed by atoms with Crippen LogP contribution in [0.4, 0.5) is 0 Å². The van der Waals surface area contributed by atoms with E-state index in [9.17, 15) is 14.4 Å². The molecule has 0 aromatic heterocycles. The minimum atomic E-state index is -0.626. The van der Waals surface area contributed by atoms with E-state index in [1.807, 2.05) is 94.4 Å². The number of benzene rings is 4. The average molecular weight is 624 g/mol. The molecule has 0 spiro atoms. The number of rotatable bonds is 11. The lowest BCUT2D eigenvalue weighted by molar-refractivity contribution is -0.116. The van der Waals surface area contributed by atoms with Crippen molar-refractivity contribution < 1.29 is 28.7 Å². The van der Waals surface area contributed by atoms with Gasteiger partial charge in [0, 0.05) is 30.8 Å². The molecule has 240 valence electrons. The van der Waals surface area contributed by atoms with Crippen LogP contribution in [0.2, 0.25) is 0 Å². The molecule has 0 aliphatic carbocycles. The number of nitrogens with zero attached hydrogens (tertiary/aromatic N) is 1. The van der Waals surface area contributed by atoms with Crippen molar-refractivity contribution in [3.63, 3.8) is 0 Å².